The maximum Gasteiger partial charge on any atom is 0.307 e. The molecule has 4 rings (SSSR count). The Kier molecular flexibility index (Phi) is 7.20. The third-order valence-corrected chi connectivity index (χ3v) is 6.74. The van der Waals surface area contributed by atoms with Gasteiger partial charge in [-0.1, -0.05) is 6.07 Å². The normalized spacial score (nSPS) is 17.1. The van der Waals surface area contributed by atoms with Crippen LogP contribution in [-0.2, 0) is 9.53 Å². The van der Waals surface area contributed by atoms with E-state index < -0.39 is 4.92 Å². The first-order valence-electron chi connectivity index (χ1n) is 11.3. The first-order valence-corrected chi connectivity index (χ1v) is 11.7. The van der Waals surface area contributed by atoms with Gasteiger partial charge in [0.25, 0.3) is 5.69 Å². The van der Waals surface area contributed by atoms with Crippen molar-refractivity contribution < 1.29 is 19.2 Å². The van der Waals surface area contributed by atoms with Gasteiger partial charge in [0.2, 0.25) is 0 Å². The van der Waals surface area contributed by atoms with Crippen LogP contribution in [0, 0.1) is 24.0 Å². The van der Waals surface area contributed by atoms with Gasteiger partial charge in [-0.05, 0) is 55.9 Å². The monoisotopic (exact) mass is 509 g/mol. The lowest BCUT2D eigenvalue weighted by molar-refractivity contribution is -0.384. The van der Waals surface area contributed by atoms with E-state index in [4.69, 9.17) is 21.7 Å². The number of aryl methyl sites for hydroxylation is 1. The first kappa shape index (κ1) is 25.1. The number of carbonyl (C=O) groups is 1. The summed E-state index contributed by atoms with van der Waals surface area (Å²) in [4.78, 5) is 29.5. The van der Waals surface area contributed by atoms with Crippen molar-refractivity contribution in [2.75, 3.05) is 20.8 Å². The first-order chi connectivity index (χ1) is 17.3. The van der Waals surface area contributed by atoms with Crippen LogP contribution in [0.1, 0.15) is 41.1 Å². The number of nitro benzene ring substituents is 1. The van der Waals surface area contributed by atoms with E-state index >= 15 is 0 Å². The molecule has 36 heavy (non-hydrogen) atoms. The van der Waals surface area contributed by atoms with Gasteiger partial charge < -0.3 is 24.3 Å². The smallest absolute Gasteiger partial charge is 0.307 e. The number of ether oxygens (including phenoxy) is 2. The molecule has 0 amide bonds. The number of methoxy groups -OCH3 is 2. The van der Waals surface area contributed by atoms with Gasteiger partial charge in [-0.2, -0.15) is 0 Å². The predicted octanol–water partition coefficient (Wildman–Crippen LogP) is 3.94. The van der Waals surface area contributed by atoms with Gasteiger partial charge >= 0.3 is 5.97 Å². The van der Waals surface area contributed by atoms with Crippen LogP contribution >= 0.6 is 12.2 Å². The van der Waals surface area contributed by atoms with Crippen molar-refractivity contribution in [3.05, 3.63) is 81.4 Å². The minimum atomic E-state index is -0.428. The molecule has 1 aromatic carbocycles. The average molecular weight is 510 g/mol. The van der Waals surface area contributed by atoms with Crippen LogP contribution in [0.5, 0.6) is 5.75 Å². The van der Waals surface area contributed by atoms with Crippen molar-refractivity contribution in [3.8, 4) is 11.4 Å². The zero-order chi connectivity index (χ0) is 26.0. The summed E-state index contributed by atoms with van der Waals surface area (Å²) in [5, 5.41) is 15.4. The summed E-state index contributed by atoms with van der Waals surface area (Å²) >= 11 is 5.68. The number of nitro groups is 1. The number of nitrogens with one attached hydrogen (secondary N) is 1. The number of carbonyl (C=O) groups excluding carboxylic acids is 1. The van der Waals surface area contributed by atoms with Gasteiger partial charge in [-0.25, -0.2) is 0 Å². The van der Waals surface area contributed by atoms with Crippen LogP contribution in [0.25, 0.3) is 5.69 Å². The molecular weight excluding hydrogens is 482 g/mol. The molecule has 0 aliphatic carbocycles. The fraction of sp³-hybridized carbons (Fsp3) is 0.320. The SMILES string of the molecule is COC(=O)CCN1C(=S)N[C@H](c2ccccn2)[C@H]1c1cc(C)n(-c2cc([N+](=O)[O-])ccc2OC)c1C. The second kappa shape index (κ2) is 10.3. The van der Waals surface area contributed by atoms with Crippen LogP contribution in [0.2, 0.25) is 0 Å². The highest BCUT2D eigenvalue weighted by Crippen LogP contribution is 2.42. The molecule has 11 heteroatoms. The van der Waals surface area contributed by atoms with E-state index in [0.717, 1.165) is 22.6 Å². The number of aromatic nitrogens is 2. The summed E-state index contributed by atoms with van der Waals surface area (Å²) in [6, 6.07) is 11.7. The molecule has 1 aliphatic rings. The van der Waals surface area contributed by atoms with Crippen molar-refractivity contribution in [3.63, 3.8) is 0 Å². The molecule has 1 fully saturated rings. The Morgan fingerprint density at radius 3 is 2.64 bits per heavy atom. The van der Waals surface area contributed by atoms with Gasteiger partial charge in [-0.3, -0.25) is 19.9 Å². The number of esters is 1. The highest BCUT2D eigenvalue weighted by Gasteiger charge is 2.41. The zero-order valence-corrected chi connectivity index (χ0v) is 21.2. The van der Waals surface area contributed by atoms with Crippen LogP contribution in [0.15, 0.2) is 48.7 Å². The molecule has 0 saturated carbocycles. The highest BCUT2D eigenvalue weighted by molar-refractivity contribution is 7.80. The van der Waals surface area contributed by atoms with Crippen LogP contribution in [-0.4, -0.2) is 51.2 Å². The standard InChI is InChI=1S/C25H27N5O5S/c1-15-13-18(16(2)29(15)20-14-17(30(32)33)8-9-21(20)34-3)24-23(19-7-5-6-11-26-19)27-25(36)28(24)12-10-22(31)35-4/h5-9,11,13-14,23-24H,10,12H2,1-4H3,(H,27,36)/t23-,24-/m1/s1. The number of pyridine rings is 1. The number of nitrogens with zero attached hydrogens (tertiary/aromatic N) is 4. The molecule has 10 nitrogen and oxygen atoms in total. The minimum absolute atomic E-state index is 0.0328. The van der Waals surface area contributed by atoms with Crippen LogP contribution in [0.3, 0.4) is 0 Å². The fourth-order valence-corrected chi connectivity index (χ4v) is 5.05. The van der Waals surface area contributed by atoms with Gasteiger partial charge in [0.15, 0.2) is 5.11 Å². The Hall–Kier alpha value is -3.99. The molecule has 188 valence electrons. The summed E-state index contributed by atoms with van der Waals surface area (Å²) < 4.78 is 12.3. The van der Waals surface area contributed by atoms with E-state index in [-0.39, 0.29) is 30.2 Å². The molecule has 1 aliphatic heterocycles. The van der Waals surface area contributed by atoms with Gasteiger partial charge in [0, 0.05) is 36.3 Å². The molecule has 1 saturated heterocycles. The molecule has 3 aromatic rings. The minimum Gasteiger partial charge on any atom is -0.495 e. The van der Waals surface area contributed by atoms with Crippen molar-refractivity contribution in [1.82, 2.24) is 19.8 Å². The molecule has 2 atom stereocenters. The molecule has 3 heterocycles. The fourth-order valence-electron chi connectivity index (χ4n) is 4.72. The van der Waals surface area contributed by atoms with E-state index in [1.807, 2.05) is 47.6 Å². The summed E-state index contributed by atoms with van der Waals surface area (Å²) in [5.74, 6) is 0.183. The topological polar surface area (TPSA) is 112 Å². The van der Waals surface area contributed by atoms with Gasteiger partial charge in [-0.15, -0.1) is 0 Å². The second-order valence-corrected chi connectivity index (χ2v) is 8.81. The Morgan fingerprint density at radius 2 is 2.00 bits per heavy atom. The summed E-state index contributed by atoms with van der Waals surface area (Å²) in [5.41, 5.74) is 4.03. The lowest BCUT2D eigenvalue weighted by Crippen LogP contribution is -2.32. The molecule has 0 radical (unpaired) electrons. The highest BCUT2D eigenvalue weighted by atomic mass is 32.1. The van der Waals surface area contributed by atoms with Crippen molar-refractivity contribution in [2.45, 2.75) is 32.4 Å². The Morgan fingerprint density at radius 1 is 1.22 bits per heavy atom. The zero-order valence-electron chi connectivity index (χ0n) is 20.4. The van der Waals surface area contributed by atoms with E-state index in [9.17, 15) is 14.9 Å². The van der Waals surface area contributed by atoms with E-state index in [2.05, 4.69) is 10.3 Å². The molecule has 0 bridgehead atoms. The van der Waals surface area contributed by atoms with E-state index in [0.29, 0.717) is 23.1 Å². The second-order valence-electron chi connectivity index (χ2n) is 8.42. The molecule has 2 aromatic heterocycles. The lowest BCUT2D eigenvalue weighted by Gasteiger charge is -2.28. The quantitative estimate of drug-likeness (QED) is 0.209. The van der Waals surface area contributed by atoms with Crippen molar-refractivity contribution >= 4 is 29.0 Å². The number of benzene rings is 1. The predicted molar refractivity (Wildman–Crippen MR) is 137 cm³/mol. The maximum absolute atomic E-state index is 11.9. The Labute approximate surface area is 214 Å². The average Bonchev–Trinajstić information content (AvgIpc) is 3.36. The third-order valence-electron chi connectivity index (χ3n) is 6.39. The summed E-state index contributed by atoms with van der Waals surface area (Å²) in [6.07, 6.45) is 1.90. The molecule has 1 N–H and O–H groups in total. The Balaban J connectivity index is 1.85. The molecular formula is C25H27N5O5S. The Bertz CT molecular complexity index is 1310. The van der Waals surface area contributed by atoms with Crippen molar-refractivity contribution in [2.24, 2.45) is 0 Å². The van der Waals surface area contributed by atoms with Crippen molar-refractivity contribution in [1.29, 1.82) is 0 Å². The number of hydrogen-bond donors (Lipinski definition) is 1. The van der Waals surface area contributed by atoms with Gasteiger partial charge in [0.05, 0.1) is 49.0 Å². The maximum atomic E-state index is 11.9. The van der Waals surface area contributed by atoms with Crippen LogP contribution < -0.4 is 10.1 Å². The van der Waals surface area contributed by atoms with Crippen LogP contribution in [0.4, 0.5) is 5.69 Å². The third kappa shape index (κ3) is 4.61. The van der Waals surface area contributed by atoms with E-state index in [1.54, 1.807) is 12.3 Å². The number of non-ortho nitro benzene ring substituents is 1. The molecule has 0 unspecified atom stereocenters. The summed E-state index contributed by atoms with van der Waals surface area (Å²) in [6.45, 7) is 4.25. The summed E-state index contributed by atoms with van der Waals surface area (Å²) in [7, 11) is 2.89. The van der Waals surface area contributed by atoms with Gasteiger partial charge in [0.1, 0.15) is 5.75 Å². The number of rotatable bonds is 8. The molecule has 0 spiro atoms. The van der Waals surface area contributed by atoms with E-state index in [1.165, 1.54) is 26.4 Å². The number of thiocarbonyl (C=S) groups is 1. The lowest BCUT2D eigenvalue weighted by atomic mass is 9.96. The number of hydrogen-bond acceptors (Lipinski definition) is 7. The largest absolute Gasteiger partial charge is 0.495 e.